The monoisotopic (exact) mass is 507 g/mol. The number of likely N-dealkylation sites (tertiary alicyclic amines) is 1. The first-order chi connectivity index (χ1) is 13.9. The fourth-order valence-corrected chi connectivity index (χ4v) is 5.78. The summed E-state index contributed by atoms with van der Waals surface area (Å²) in [7, 11) is 0. The average Bonchev–Trinajstić information content (AvgIpc) is 3.50. The highest BCUT2D eigenvalue weighted by atomic mass is 79.9. The molecule has 3 aromatic rings. The molecule has 2 aromatic heterocycles. The summed E-state index contributed by atoms with van der Waals surface area (Å²) in [4.78, 5) is 15.8. The summed E-state index contributed by atoms with van der Waals surface area (Å²) in [5, 5.41) is 15.1. The molecule has 1 unspecified atom stereocenters. The van der Waals surface area contributed by atoms with Crippen LogP contribution in [0.2, 0.25) is 0 Å². The molecule has 1 aliphatic heterocycles. The quantitative estimate of drug-likeness (QED) is 0.468. The summed E-state index contributed by atoms with van der Waals surface area (Å²) in [6.45, 7) is 6.12. The SMILES string of the molecule is CC(C)(c1ccccc1)[NH+]1CC[C@H](OC(=O)C(O)(c2cccs2)c2cccs2)C1.[Br-]. The Morgan fingerprint density at radius 3 is 2.17 bits per heavy atom. The zero-order valence-electron chi connectivity index (χ0n) is 17.0. The van der Waals surface area contributed by atoms with Gasteiger partial charge >= 0.3 is 5.97 Å². The Labute approximate surface area is 195 Å². The minimum Gasteiger partial charge on any atom is -1.00 e. The minimum absolute atomic E-state index is 0. The van der Waals surface area contributed by atoms with E-state index < -0.39 is 11.6 Å². The van der Waals surface area contributed by atoms with Crippen molar-refractivity contribution in [1.29, 1.82) is 0 Å². The number of quaternary nitrogens is 1. The fraction of sp³-hybridized carbons (Fsp3) is 0.348. The number of nitrogens with one attached hydrogen (secondary N) is 1. The second-order valence-electron chi connectivity index (χ2n) is 8.03. The first kappa shape index (κ1) is 23.2. The predicted molar refractivity (Wildman–Crippen MR) is 116 cm³/mol. The summed E-state index contributed by atoms with van der Waals surface area (Å²) in [5.74, 6) is -0.578. The zero-order chi connectivity index (χ0) is 20.5. The standard InChI is InChI=1S/C23H25NO3S2.BrH/c1-22(2,17-8-4-3-5-9-17)24-13-12-18(16-24)27-21(25)23(26,19-10-6-14-28-19)20-11-7-15-29-20;/h3-11,14-15,18,26H,12-13,16H2,1-2H3;1H/t18-;/m0./s1. The van der Waals surface area contributed by atoms with Crippen molar-refractivity contribution in [3.05, 3.63) is 80.7 Å². The van der Waals surface area contributed by atoms with Gasteiger partial charge in [0.2, 0.25) is 5.60 Å². The van der Waals surface area contributed by atoms with E-state index in [1.807, 2.05) is 29.0 Å². The molecule has 160 valence electrons. The van der Waals surface area contributed by atoms with Crippen LogP contribution in [-0.2, 0) is 20.7 Å². The van der Waals surface area contributed by atoms with Crippen LogP contribution >= 0.6 is 22.7 Å². The van der Waals surface area contributed by atoms with Crippen LogP contribution in [0.5, 0.6) is 0 Å². The molecule has 4 nitrogen and oxygen atoms in total. The molecule has 1 aromatic carbocycles. The molecule has 0 aliphatic carbocycles. The van der Waals surface area contributed by atoms with Gasteiger partial charge in [-0.25, -0.2) is 4.79 Å². The molecular formula is C23H26BrNO3S2. The first-order valence-electron chi connectivity index (χ1n) is 9.84. The minimum atomic E-state index is -1.74. The molecular weight excluding hydrogens is 482 g/mol. The second kappa shape index (κ2) is 9.32. The van der Waals surface area contributed by atoms with Gasteiger partial charge in [0.05, 0.1) is 16.3 Å². The van der Waals surface area contributed by atoms with Gasteiger partial charge in [0.15, 0.2) is 6.10 Å². The maximum atomic E-state index is 13.2. The van der Waals surface area contributed by atoms with Crippen molar-refractivity contribution >= 4 is 28.6 Å². The van der Waals surface area contributed by atoms with Crippen LogP contribution < -0.4 is 21.9 Å². The summed E-state index contributed by atoms with van der Waals surface area (Å²) in [6.07, 6.45) is 0.592. The van der Waals surface area contributed by atoms with Crippen molar-refractivity contribution in [3.63, 3.8) is 0 Å². The van der Waals surface area contributed by atoms with E-state index in [0.717, 1.165) is 19.5 Å². The number of carbonyl (C=O) groups is 1. The van der Waals surface area contributed by atoms with E-state index in [1.165, 1.54) is 33.1 Å². The highest BCUT2D eigenvalue weighted by molar-refractivity contribution is 7.12. The van der Waals surface area contributed by atoms with Gasteiger partial charge in [0, 0.05) is 12.0 Å². The fourth-order valence-electron chi connectivity index (χ4n) is 4.07. The van der Waals surface area contributed by atoms with E-state index in [4.69, 9.17) is 4.74 Å². The maximum absolute atomic E-state index is 13.2. The van der Waals surface area contributed by atoms with Gasteiger partial charge in [-0.15, -0.1) is 22.7 Å². The lowest BCUT2D eigenvalue weighted by Gasteiger charge is -2.33. The number of halogens is 1. The number of hydrogen-bond acceptors (Lipinski definition) is 5. The molecule has 1 fully saturated rings. The molecule has 1 saturated heterocycles. The number of rotatable bonds is 6. The first-order valence-corrected chi connectivity index (χ1v) is 11.6. The Morgan fingerprint density at radius 1 is 1.03 bits per heavy atom. The Morgan fingerprint density at radius 2 is 1.63 bits per heavy atom. The summed E-state index contributed by atoms with van der Waals surface area (Å²) < 4.78 is 5.89. The molecule has 2 atom stereocenters. The maximum Gasteiger partial charge on any atom is 0.349 e. The number of hydrogen-bond donors (Lipinski definition) is 2. The van der Waals surface area contributed by atoms with Gasteiger partial charge in [-0.3, -0.25) is 0 Å². The van der Waals surface area contributed by atoms with Crippen molar-refractivity contribution in [2.45, 2.75) is 37.5 Å². The van der Waals surface area contributed by atoms with Crippen molar-refractivity contribution in [2.75, 3.05) is 13.1 Å². The topological polar surface area (TPSA) is 51.0 Å². The molecule has 2 N–H and O–H groups in total. The molecule has 30 heavy (non-hydrogen) atoms. The molecule has 3 heterocycles. The Balaban J connectivity index is 0.00000256. The van der Waals surface area contributed by atoms with Crippen LogP contribution in [0.15, 0.2) is 65.4 Å². The van der Waals surface area contributed by atoms with Crippen LogP contribution in [0.1, 0.15) is 35.6 Å². The second-order valence-corrected chi connectivity index (χ2v) is 9.93. The predicted octanol–water partition coefficient (Wildman–Crippen LogP) is 0.185. The van der Waals surface area contributed by atoms with Crippen LogP contribution in [0, 0.1) is 0 Å². The third-order valence-corrected chi connectivity index (χ3v) is 7.90. The van der Waals surface area contributed by atoms with Gasteiger partial charge in [0.25, 0.3) is 0 Å². The Hall–Kier alpha value is -1.51. The third kappa shape index (κ3) is 4.27. The number of esters is 1. The normalized spacial score (nSPS) is 19.3. The van der Waals surface area contributed by atoms with Crippen molar-refractivity contribution < 1.29 is 36.5 Å². The summed E-state index contributed by atoms with van der Waals surface area (Å²) in [6, 6.07) is 17.7. The number of thiophene rings is 2. The molecule has 0 amide bonds. The number of aliphatic hydroxyl groups is 1. The van der Waals surface area contributed by atoms with Crippen molar-refractivity contribution in [3.8, 4) is 0 Å². The Bertz CT molecular complexity index is 908. The van der Waals surface area contributed by atoms with E-state index in [1.54, 1.807) is 12.1 Å². The Kier molecular flexibility index (Phi) is 7.20. The third-order valence-electron chi connectivity index (χ3n) is 5.95. The highest BCUT2D eigenvalue weighted by Gasteiger charge is 2.47. The smallest absolute Gasteiger partial charge is 0.349 e. The number of benzene rings is 1. The zero-order valence-corrected chi connectivity index (χ0v) is 20.2. The van der Waals surface area contributed by atoms with Crippen LogP contribution in [0.25, 0.3) is 0 Å². The number of ether oxygens (including phenoxy) is 1. The van der Waals surface area contributed by atoms with Crippen molar-refractivity contribution in [2.24, 2.45) is 0 Å². The van der Waals surface area contributed by atoms with E-state index in [-0.39, 0.29) is 28.6 Å². The van der Waals surface area contributed by atoms with Gasteiger partial charge in [-0.1, -0.05) is 42.5 Å². The van der Waals surface area contributed by atoms with E-state index in [9.17, 15) is 9.90 Å². The van der Waals surface area contributed by atoms with Crippen LogP contribution in [0.4, 0.5) is 0 Å². The average molecular weight is 509 g/mol. The number of carbonyl (C=O) groups excluding carboxylic acids is 1. The lowest BCUT2D eigenvalue weighted by Crippen LogP contribution is -3.16. The summed E-state index contributed by atoms with van der Waals surface area (Å²) >= 11 is 2.73. The highest BCUT2D eigenvalue weighted by Crippen LogP contribution is 2.37. The molecule has 0 bridgehead atoms. The van der Waals surface area contributed by atoms with Crippen molar-refractivity contribution in [1.82, 2.24) is 0 Å². The molecule has 4 rings (SSSR count). The molecule has 7 heteroatoms. The molecule has 0 radical (unpaired) electrons. The van der Waals surface area contributed by atoms with E-state index in [0.29, 0.717) is 9.75 Å². The van der Waals surface area contributed by atoms with Gasteiger partial charge in [-0.2, -0.15) is 0 Å². The molecule has 1 aliphatic rings. The van der Waals surface area contributed by atoms with Gasteiger partial charge in [0.1, 0.15) is 12.1 Å². The van der Waals surface area contributed by atoms with Crippen LogP contribution in [-0.4, -0.2) is 30.3 Å². The lowest BCUT2D eigenvalue weighted by molar-refractivity contribution is -0.946. The summed E-state index contributed by atoms with van der Waals surface area (Å²) in [5.41, 5.74) is -0.532. The largest absolute Gasteiger partial charge is 1.00 e. The van der Waals surface area contributed by atoms with Gasteiger partial charge in [-0.05, 0) is 36.7 Å². The van der Waals surface area contributed by atoms with Gasteiger partial charge < -0.3 is 31.7 Å². The van der Waals surface area contributed by atoms with E-state index in [2.05, 4.69) is 38.1 Å². The molecule has 0 saturated carbocycles. The van der Waals surface area contributed by atoms with Crippen LogP contribution in [0.3, 0.4) is 0 Å². The lowest BCUT2D eigenvalue weighted by atomic mass is 9.93. The molecule has 0 spiro atoms. The van der Waals surface area contributed by atoms with E-state index >= 15 is 0 Å².